The minimum absolute atomic E-state index is 0.424. The van der Waals surface area contributed by atoms with E-state index in [1.807, 2.05) is 18.2 Å². The Morgan fingerprint density at radius 1 is 1.39 bits per heavy atom. The van der Waals surface area contributed by atoms with Crippen LogP contribution in [0.2, 0.25) is 0 Å². The SMILES string of the molecule is COC(=O)C1(Br)N=C1c1ccc2c(c1)OCCO2. The summed E-state index contributed by atoms with van der Waals surface area (Å²) in [6, 6.07) is 5.48. The summed E-state index contributed by atoms with van der Waals surface area (Å²) in [6.45, 7) is 1.08. The first-order valence-electron chi connectivity index (χ1n) is 5.43. The van der Waals surface area contributed by atoms with Crippen LogP contribution in [0.5, 0.6) is 11.5 Å². The van der Waals surface area contributed by atoms with Crippen LogP contribution in [0.4, 0.5) is 0 Å². The third-order valence-electron chi connectivity index (χ3n) is 2.80. The van der Waals surface area contributed by atoms with Gasteiger partial charge in [0.05, 0.1) is 12.8 Å². The molecule has 0 spiro atoms. The van der Waals surface area contributed by atoms with E-state index in [0.717, 1.165) is 5.56 Å². The highest BCUT2D eigenvalue weighted by Gasteiger charge is 2.54. The molecule has 0 aromatic heterocycles. The minimum Gasteiger partial charge on any atom is -0.486 e. The summed E-state index contributed by atoms with van der Waals surface area (Å²) in [7, 11) is 1.33. The summed E-state index contributed by atoms with van der Waals surface area (Å²) < 4.78 is 14.6. The van der Waals surface area contributed by atoms with Gasteiger partial charge in [0.15, 0.2) is 11.5 Å². The number of esters is 1. The van der Waals surface area contributed by atoms with Crippen molar-refractivity contribution in [2.45, 2.75) is 4.45 Å². The lowest BCUT2D eigenvalue weighted by atomic mass is 10.1. The van der Waals surface area contributed by atoms with E-state index >= 15 is 0 Å². The minimum atomic E-state index is -1.02. The maximum Gasteiger partial charge on any atom is 0.351 e. The van der Waals surface area contributed by atoms with Crippen LogP contribution < -0.4 is 9.47 Å². The van der Waals surface area contributed by atoms with Gasteiger partial charge in [0.25, 0.3) is 4.45 Å². The highest BCUT2D eigenvalue weighted by Crippen LogP contribution is 2.42. The molecule has 0 bridgehead atoms. The first-order valence-corrected chi connectivity index (χ1v) is 6.22. The van der Waals surface area contributed by atoms with Gasteiger partial charge in [0.2, 0.25) is 0 Å². The number of hydrogen-bond acceptors (Lipinski definition) is 5. The van der Waals surface area contributed by atoms with Crippen LogP contribution in [-0.2, 0) is 9.53 Å². The van der Waals surface area contributed by atoms with Gasteiger partial charge in [0.1, 0.15) is 13.2 Å². The molecule has 1 aromatic rings. The molecule has 2 heterocycles. The summed E-state index contributed by atoms with van der Waals surface area (Å²) in [5.74, 6) is 0.963. The van der Waals surface area contributed by atoms with E-state index < -0.39 is 10.4 Å². The van der Waals surface area contributed by atoms with E-state index in [1.165, 1.54) is 7.11 Å². The molecular formula is C12H10BrNO4. The number of carbonyl (C=O) groups is 1. The van der Waals surface area contributed by atoms with E-state index in [0.29, 0.717) is 30.4 Å². The van der Waals surface area contributed by atoms with Crippen molar-refractivity contribution in [2.75, 3.05) is 20.3 Å². The maximum absolute atomic E-state index is 11.5. The van der Waals surface area contributed by atoms with Crippen LogP contribution in [-0.4, -0.2) is 36.5 Å². The van der Waals surface area contributed by atoms with Crippen LogP contribution >= 0.6 is 15.9 Å². The van der Waals surface area contributed by atoms with Crippen LogP contribution in [0.3, 0.4) is 0 Å². The van der Waals surface area contributed by atoms with Crippen molar-refractivity contribution in [1.29, 1.82) is 0 Å². The molecule has 1 atom stereocenters. The van der Waals surface area contributed by atoms with Crippen molar-refractivity contribution in [2.24, 2.45) is 4.99 Å². The number of benzene rings is 1. The first kappa shape index (κ1) is 11.5. The molecule has 0 fully saturated rings. The van der Waals surface area contributed by atoms with Crippen LogP contribution in [0.25, 0.3) is 0 Å². The van der Waals surface area contributed by atoms with Crippen molar-refractivity contribution in [3.8, 4) is 11.5 Å². The largest absolute Gasteiger partial charge is 0.486 e. The molecule has 18 heavy (non-hydrogen) atoms. The van der Waals surface area contributed by atoms with Crippen molar-refractivity contribution in [3.63, 3.8) is 0 Å². The third-order valence-corrected chi connectivity index (χ3v) is 3.68. The number of alkyl halides is 1. The second-order valence-electron chi connectivity index (χ2n) is 3.93. The van der Waals surface area contributed by atoms with Gasteiger partial charge in [-0.15, -0.1) is 0 Å². The molecular weight excluding hydrogens is 302 g/mol. The molecule has 5 nitrogen and oxygen atoms in total. The van der Waals surface area contributed by atoms with E-state index in [9.17, 15) is 4.79 Å². The fraction of sp³-hybridized carbons (Fsp3) is 0.333. The Morgan fingerprint density at radius 2 is 2.11 bits per heavy atom. The Morgan fingerprint density at radius 3 is 2.83 bits per heavy atom. The topological polar surface area (TPSA) is 57.1 Å². The lowest BCUT2D eigenvalue weighted by molar-refractivity contribution is -0.140. The lowest BCUT2D eigenvalue weighted by Gasteiger charge is -2.18. The standard InChI is InChI=1S/C12H10BrNO4/c1-16-11(15)12(13)10(14-12)7-2-3-8-9(6-7)18-5-4-17-8/h2-3,6H,4-5H2,1H3. The number of hydrogen-bond donors (Lipinski definition) is 0. The predicted octanol–water partition coefficient (Wildman–Crippen LogP) is 1.52. The van der Waals surface area contributed by atoms with Gasteiger partial charge in [-0.2, -0.15) is 0 Å². The van der Waals surface area contributed by atoms with E-state index in [-0.39, 0.29) is 0 Å². The Kier molecular flexibility index (Phi) is 2.55. The quantitative estimate of drug-likeness (QED) is 0.472. The summed E-state index contributed by atoms with van der Waals surface area (Å²) in [6.07, 6.45) is 0. The molecule has 1 unspecified atom stereocenters. The summed E-state index contributed by atoms with van der Waals surface area (Å²) in [4.78, 5) is 15.7. The second kappa shape index (κ2) is 3.98. The maximum atomic E-state index is 11.5. The highest BCUT2D eigenvalue weighted by molar-refractivity contribution is 9.10. The highest BCUT2D eigenvalue weighted by atomic mass is 79.9. The molecule has 0 aliphatic carbocycles. The molecule has 2 aliphatic heterocycles. The number of nitrogens with zero attached hydrogens (tertiary/aromatic N) is 1. The van der Waals surface area contributed by atoms with Gasteiger partial charge in [-0.25, -0.2) is 9.79 Å². The van der Waals surface area contributed by atoms with Gasteiger partial charge < -0.3 is 14.2 Å². The summed E-state index contributed by atoms with van der Waals surface area (Å²) in [5, 5.41) is 0. The second-order valence-corrected chi connectivity index (χ2v) is 5.08. The average Bonchev–Trinajstić information content (AvgIpc) is 3.11. The molecule has 0 saturated carbocycles. The normalized spacial score (nSPS) is 24.2. The summed E-state index contributed by atoms with van der Waals surface area (Å²) in [5.41, 5.74) is 1.47. The third kappa shape index (κ3) is 1.68. The lowest BCUT2D eigenvalue weighted by Crippen LogP contribution is -2.25. The molecule has 0 radical (unpaired) electrons. The average molecular weight is 312 g/mol. The van der Waals surface area contributed by atoms with Crippen LogP contribution in [0.1, 0.15) is 5.56 Å². The fourth-order valence-corrected chi connectivity index (χ4v) is 2.42. The Labute approximate surface area is 112 Å². The predicted molar refractivity (Wildman–Crippen MR) is 67.6 cm³/mol. The number of carbonyl (C=O) groups excluding carboxylic acids is 1. The van der Waals surface area contributed by atoms with E-state index in [2.05, 4.69) is 25.7 Å². The number of ether oxygens (including phenoxy) is 3. The Balaban J connectivity index is 1.87. The van der Waals surface area contributed by atoms with Gasteiger partial charge in [-0.3, -0.25) is 0 Å². The molecule has 1 aromatic carbocycles. The zero-order chi connectivity index (χ0) is 12.8. The number of fused-ring (bicyclic) bond motifs is 1. The molecule has 3 rings (SSSR count). The molecule has 2 aliphatic rings. The zero-order valence-corrected chi connectivity index (χ0v) is 11.2. The molecule has 94 valence electrons. The molecule has 0 N–H and O–H groups in total. The van der Waals surface area contributed by atoms with Gasteiger partial charge in [-0.1, -0.05) is 0 Å². The van der Waals surface area contributed by atoms with Crippen molar-refractivity contribution in [3.05, 3.63) is 23.8 Å². The fourth-order valence-electron chi connectivity index (χ4n) is 1.85. The van der Waals surface area contributed by atoms with Gasteiger partial charge in [-0.05, 0) is 34.1 Å². The van der Waals surface area contributed by atoms with Crippen molar-refractivity contribution >= 4 is 27.6 Å². The van der Waals surface area contributed by atoms with Crippen LogP contribution in [0, 0.1) is 0 Å². The smallest absolute Gasteiger partial charge is 0.351 e. The molecule has 0 saturated heterocycles. The number of halogens is 1. The Hall–Kier alpha value is -1.56. The Bertz CT molecular complexity index is 557. The summed E-state index contributed by atoms with van der Waals surface area (Å²) >= 11 is 3.26. The van der Waals surface area contributed by atoms with Crippen molar-refractivity contribution in [1.82, 2.24) is 0 Å². The zero-order valence-electron chi connectivity index (χ0n) is 9.60. The molecule has 6 heteroatoms. The number of aliphatic imine (C=N–C) groups is 1. The van der Waals surface area contributed by atoms with Crippen LogP contribution in [0.15, 0.2) is 23.2 Å². The number of methoxy groups -OCH3 is 1. The monoisotopic (exact) mass is 311 g/mol. The van der Waals surface area contributed by atoms with E-state index in [1.54, 1.807) is 0 Å². The number of rotatable bonds is 2. The van der Waals surface area contributed by atoms with Gasteiger partial charge >= 0.3 is 5.97 Å². The molecule has 0 amide bonds. The first-order chi connectivity index (χ1) is 8.65. The van der Waals surface area contributed by atoms with E-state index in [4.69, 9.17) is 9.47 Å². The van der Waals surface area contributed by atoms with Gasteiger partial charge in [0, 0.05) is 5.56 Å². The van der Waals surface area contributed by atoms with Crippen molar-refractivity contribution < 1.29 is 19.0 Å².